The quantitative estimate of drug-likeness (QED) is 0.407. The van der Waals surface area contributed by atoms with Gasteiger partial charge >= 0.3 is 0 Å². The second-order valence-electron chi connectivity index (χ2n) is 14.2. The average Bonchev–Trinajstić information content (AvgIpc) is 3.76. The summed E-state index contributed by atoms with van der Waals surface area (Å²) in [7, 11) is 3.85. The molecule has 4 fully saturated rings. The number of nitrogens with one attached hydrogen (secondary N) is 1. The van der Waals surface area contributed by atoms with Gasteiger partial charge in [0.15, 0.2) is 11.2 Å². The van der Waals surface area contributed by atoms with Crippen LogP contribution in [0.3, 0.4) is 0 Å². The first kappa shape index (κ1) is 30.1. The van der Waals surface area contributed by atoms with E-state index < -0.39 is 16.6 Å². The van der Waals surface area contributed by atoms with E-state index in [1.165, 1.54) is 47.0 Å². The molecule has 4 heterocycles. The SMILES string of the molecule is COc1ccc2c(c1)C1CC1(C(=O)N1CCCN(C)CC1)Cn1c-2c(C2CCCCC2)c2ccc(C(=O)NS(=O)N3CCC3)cc21. The van der Waals surface area contributed by atoms with Crippen molar-refractivity contribution in [3.05, 3.63) is 53.1 Å². The van der Waals surface area contributed by atoms with Gasteiger partial charge in [-0.25, -0.2) is 8.51 Å². The van der Waals surface area contributed by atoms with Crippen LogP contribution in [0.5, 0.6) is 5.75 Å². The second-order valence-corrected chi connectivity index (χ2v) is 15.4. The van der Waals surface area contributed by atoms with Crippen LogP contribution in [-0.4, -0.2) is 88.1 Å². The van der Waals surface area contributed by atoms with Crippen LogP contribution in [0.15, 0.2) is 36.4 Å². The average molecular weight is 644 g/mol. The molecule has 3 aliphatic heterocycles. The molecule has 3 aromatic rings. The van der Waals surface area contributed by atoms with Crippen molar-refractivity contribution in [3.8, 4) is 17.0 Å². The van der Waals surface area contributed by atoms with Gasteiger partial charge in [0.2, 0.25) is 5.91 Å². The van der Waals surface area contributed by atoms with E-state index in [-0.39, 0.29) is 17.7 Å². The highest BCUT2D eigenvalue weighted by molar-refractivity contribution is 7.81. The van der Waals surface area contributed by atoms with Crippen LogP contribution in [-0.2, 0) is 22.5 Å². The number of hydrogen-bond acceptors (Lipinski definition) is 5. The van der Waals surface area contributed by atoms with Crippen molar-refractivity contribution in [2.75, 3.05) is 53.4 Å². The van der Waals surface area contributed by atoms with Crippen LogP contribution in [0.25, 0.3) is 22.2 Å². The smallest absolute Gasteiger partial charge is 0.264 e. The van der Waals surface area contributed by atoms with Gasteiger partial charge in [-0.3, -0.25) is 14.3 Å². The van der Waals surface area contributed by atoms with Crippen LogP contribution in [0.1, 0.15) is 84.7 Å². The number of amides is 2. The summed E-state index contributed by atoms with van der Waals surface area (Å²) in [6.45, 7) is 5.48. The van der Waals surface area contributed by atoms with Crippen molar-refractivity contribution >= 4 is 33.9 Å². The van der Waals surface area contributed by atoms with E-state index in [1.807, 2.05) is 12.1 Å². The lowest BCUT2D eigenvalue weighted by molar-refractivity contribution is -0.137. The van der Waals surface area contributed by atoms with Crippen LogP contribution in [0, 0.1) is 5.41 Å². The van der Waals surface area contributed by atoms with Gasteiger partial charge in [0.1, 0.15) is 5.75 Å². The summed E-state index contributed by atoms with van der Waals surface area (Å²) < 4.78 is 25.4. The minimum atomic E-state index is -1.54. The maximum atomic E-state index is 14.7. The van der Waals surface area contributed by atoms with Gasteiger partial charge in [-0.1, -0.05) is 25.3 Å². The van der Waals surface area contributed by atoms with Crippen molar-refractivity contribution in [1.82, 2.24) is 23.4 Å². The first-order chi connectivity index (χ1) is 22.4. The summed E-state index contributed by atoms with van der Waals surface area (Å²) in [5, 5.41) is 1.17. The number of nitrogens with zero attached hydrogens (tertiary/aromatic N) is 4. The Kier molecular flexibility index (Phi) is 7.73. The van der Waals surface area contributed by atoms with Gasteiger partial charge in [0, 0.05) is 67.2 Å². The number of carbonyl (C=O) groups excluding carboxylic acids is 2. The fourth-order valence-corrected chi connectivity index (χ4v) is 9.64. The summed E-state index contributed by atoms with van der Waals surface area (Å²) in [5.74, 6) is 1.29. The number of aromatic nitrogens is 1. The van der Waals surface area contributed by atoms with Crippen molar-refractivity contribution in [3.63, 3.8) is 0 Å². The molecule has 0 bridgehead atoms. The molecule has 3 atom stereocenters. The molecular formula is C36H45N5O4S. The summed E-state index contributed by atoms with van der Waals surface area (Å²) in [5.41, 5.74) is 5.92. The van der Waals surface area contributed by atoms with E-state index in [1.54, 1.807) is 11.4 Å². The van der Waals surface area contributed by atoms with Crippen LogP contribution in [0.4, 0.5) is 0 Å². The third-order valence-corrected chi connectivity index (χ3v) is 12.6. The lowest BCUT2D eigenvalue weighted by atomic mass is 9.81. The molecule has 46 heavy (non-hydrogen) atoms. The number of rotatable bonds is 6. The highest BCUT2D eigenvalue weighted by Crippen LogP contribution is 2.66. The molecule has 9 nitrogen and oxygen atoms in total. The van der Waals surface area contributed by atoms with Gasteiger partial charge in [0.25, 0.3) is 5.91 Å². The van der Waals surface area contributed by atoms with Crippen LogP contribution in [0.2, 0.25) is 0 Å². The van der Waals surface area contributed by atoms with E-state index in [9.17, 15) is 13.8 Å². The summed E-state index contributed by atoms with van der Waals surface area (Å²) in [4.78, 5) is 32.6. The Morgan fingerprint density at radius 3 is 2.50 bits per heavy atom. The van der Waals surface area contributed by atoms with Gasteiger partial charge in [0.05, 0.1) is 18.2 Å². The molecule has 0 radical (unpaired) electrons. The molecular weight excluding hydrogens is 598 g/mol. The number of ether oxygens (including phenoxy) is 1. The number of fused-ring (bicyclic) bond motifs is 7. The third kappa shape index (κ3) is 4.99. The third-order valence-electron chi connectivity index (χ3n) is 11.4. The van der Waals surface area contributed by atoms with Gasteiger partial charge in [-0.05, 0) is 93.1 Å². The zero-order valence-electron chi connectivity index (χ0n) is 27.1. The number of carbonyl (C=O) groups is 2. The Bertz CT molecular complexity index is 1730. The zero-order valence-corrected chi connectivity index (χ0v) is 27.9. The van der Waals surface area contributed by atoms with Crippen LogP contribution >= 0.6 is 0 Å². The Morgan fingerprint density at radius 1 is 0.935 bits per heavy atom. The van der Waals surface area contributed by atoms with Crippen molar-refractivity contribution in [1.29, 1.82) is 0 Å². The molecule has 2 saturated carbocycles. The molecule has 8 rings (SSSR count). The van der Waals surface area contributed by atoms with Crippen LogP contribution < -0.4 is 9.46 Å². The Labute approximate surface area is 273 Å². The van der Waals surface area contributed by atoms with Crippen molar-refractivity contribution in [2.45, 2.75) is 69.7 Å². The predicted octanol–water partition coefficient (Wildman–Crippen LogP) is 5.03. The number of likely N-dealkylation sites (N-methyl/N-ethyl adjacent to an activating group) is 1. The Hall–Kier alpha value is -3.21. The monoisotopic (exact) mass is 643 g/mol. The molecule has 3 unspecified atom stereocenters. The molecule has 2 aromatic carbocycles. The minimum Gasteiger partial charge on any atom is -0.497 e. The molecule has 244 valence electrons. The largest absolute Gasteiger partial charge is 0.497 e. The Morgan fingerprint density at radius 2 is 1.74 bits per heavy atom. The first-order valence-corrected chi connectivity index (χ1v) is 18.3. The summed E-state index contributed by atoms with van der Waals surface area (Å²) in [6.07, 6.45) is 8.76. The molecule has 0 spiro atoms. The van der Waals surface area contributed by atoms with E-state index in [0.717, 1.165) is 82.6 Å². The number of methoxy groups -OCH3 is 1. The number of benzene rings is 2. The maximum absolute atomic E-state index is 14.7. The van der Waals surface area contributed by atoms with Crippen molar-refractivity contribution in [2.24, 2.45) is 5.41 Å². The Balaban J connectivity index is 1.29. The topological polar surface area (TPSA) is 87.1 Å². The second kappa shape index (κ2) is 11.8. The first-order valence-electron chi connectivity index (χ1n) is 17.2. The fraction of sp³-hybridized carbons (Fsp3) is 0.556. The summed E-state index contributed by atoms with van der Waals surface area (Å²) in [6, 6.07) is 12.4. The van der Waals surface area contributed by atoms with Gasteiger partial charge < -0.3 is 19.1 Å². The molecule has 1 aromatic heterocycles. The van der Waals surface area contributed by atoms with Crippen molar-refractivity contribution < 1.29 is 18.5 Å². The van der Waals surface area contributed by atoms with Gasteiger partial charge in [-0.15, -0.1) is 0 Å². The predicted molar refractivity (Wildman–Crippen MR) is 180 cm³/mol. The molecule has 5 aliphatic rings. The number of hydrogen-bond donors (Lipinski definition) is 1. The highest BCUT2D eigenvalue weighted by Gasteiger charge is 2.63. The lowest BCUT2D eigenvalue weighted by Gasteiger charge is -2.28. The van der Waals surface area contributed by atoms with E-state index in [0.29, 0.717) is 18.0 Å². The minimum absolute atomic E-state index is 0.116. The normalized spacial score (nSPS) is 25.8. The van der Waals surface area contributed by atoms with Gasteiger partial charge in [-0.2, -0.15) is 0 Å². The maximum Gasteiger partial charge on any atom is 0.264 e. The molecule has 2 aliphatic carbocycles. The van der Waals surface area contributed by atoms with E-state index >= 15 is 0 Å². The van der Waals surface area contributed by atoms with E-state index in [4.69, 9.17) is 4.74 Å². The van der Waals surface area contributed by atoms with E-state index in [2.05, 4.69) is 50.4 Å². The molecule has 1 N–H and O–H groups in total. The standard InChI is InChI=1S/C36H45N5O4S/c1-38-14-6-15-39(19-18-38)35(43)36-22-30(36)29-21-26(45-2)11-13-27(29)33-32(24-8-4-3-5-9-24)28-12-10-25(20-31(28)41(33)23-36)34(42)37-46(44)40-16-7-17-40/h10-13,20-21,24,30H,3-9,14-19,22-23H2,1-2H3,(H,37,42). The zero-order chi connectivity index (χ0) is 31.6. The molecule has 10 heteroatoms. The summed E-state index contributed by atoms with van der Waals surface area (Å²) >= 11 is -1.54. The molecule has 2 saturated heterocycles. The lowest BCUT2D eigenvalue weighted by Crippen LogP contribution is -2.45. The molecule has 2 amide bonds. The fourth-order valence-electron chi connectivity index (χ4n) is 8.64. The highest BCUT2D eigenvalue weighted by atomic mass is 32.2.